The van der Waals surface area contributed by atoms with Crippen molar-refractivity contribution in [2.24, 2.45) is 5.16 Å². The summed E-state index contributed by atoms with van der Waals surface area (Å²) in [4.78, 5) is 5.61. The molecule has 0 radical (unpaired) electrons. The second-order valence-electron chi connectivity index (χ2n) is 4.85. The van der Waals surface area contributed by atoms with Gasteiger partial charge in [-0.05, 0) is 32.4 Å². The number of benzene rings is 1. The minimum Gasteiger partial charge on any atom is -0.371 e. The third kappa shape index (κ3) is 3.17. The van der Waals surface area contributed by atoms with Crippen LogP contribution in [0.3, 0.4) is 0 Å². The molecular weight excluding hydrogens is 301 g/mol. The number of nitrogens with zero attached hydrogens (tertiary/aromatic N) is 1. The molecule has 6 heteroatoms. The van der Waals surface area contributed by atoms with E-state index in [2.05, 4.69) is 5.16 Å². The Morgan fingerprint density at radius 3 is 2.45 bits per heavy atom. The highest BCUT2D eigenvalue weighted by Gasteiger charge is 2.55. The maximum absolute atomic E-state index is 13.2. The minimum atomic E-state index is -3.50. The molecule has 0 spiro atoms. The molecule has 0 saturated carbocycles. The molecule has 1 heterocycles. The van der Waals surface area contributed by atoms with Gasteiger partial charge in [0.2, 0.25) is 0 Å². The quantitative estimate of drug-likeness (QED) is 0.553. The lowest BCUT2D eigenvalue weighted by atomic mass is 10.0. The molecule has 0 aromatic heterocycles. The first kappa shape index (κ1) is 16.9. The fourth-order valence-electron chi connectivity index (χ4n) is 2.41. The van der Waals surface area contributed by atoms with E-state index in [-0.39, 0.29) is 13.2 Å². The van der Waals surface area contributed by atoms with Gasteiger partial charge in [0.1, 0.15) is 0 Å². The van der Waals surface area contributed by atoms with E-state index in [1.807, 2.05) is 37.3 Å². The average Bonchev–Trinajstić information content (AvgIpc) is 2.95. The predicted octanol–water partition coefficient (Wildman–Crippen LogP) is 4.35. The zero-order valence-corrected chi connectivity index (χ0v) is 14.1. The molecule has 120 valence electrons. The molecule has 1 aromatic rings. The van der Waals surface area contributed by atoms with Gasteiger partial charge < -0.3 is 13.9 Å². The van der Waals surface area contributed by atoms with Crippen molar-refractivity contribution >= 4 is 13.3 Å². The smallest absolute Gasteiger partial charge is 0.371 e. The predicted molar refractivity (Wildman–Crippen MR) is 87.1 cm³/mol. The molecule has 5 nitrogen and oxygen atoms in total. The zero-order valence-electron chi connectivity index (χ0n) is 13.2. The molecule has 0 saturated heterocycles. The molecule has 1 aliphatic rings. The van der Waals surface area contributed by atoms with Crippen LogP contribution in [0.1, 0.15) is 32.8 Å². The fraction of sp³-hybridized carbons (Fsp3) is 0.438. The highest BCUT2D eigenvalue weighted by molar-refractivity contribution is 7.55. The number of allylic oxidation sites excluding steroid dienone is 1. The summed E-state index contributed by atoms with van der Waals surface area (Å²) < 4.78 is 24.2. The third-order valence-corrected chi connectivity index (χ3v) is 5.84. The third-order valence-electron chi connectivity index (χ3n) is 3.33. The van der Waals surface area contributed by atoms with Gasteiger partial charge in [-0.1, -0.05) is 41.6 Å². The van der Waals surface area contributed by atoms with Gasteiger partial charge in [0.15, 0.2) is 0 Å². The van der Waals surface area contributed by atoms with Gasteiger partial charge in [-0.25, -0.2) is 0 Å². The molecule has 2 rings (SSSR count). The van der Waals surface area contributed by atoms with Gasteiger partial charge in [-0.2, -0.15) is 0 Å². The van der Waals surface area contributed by atoms with Gasteiger partial charge in [-0.15, -0.1) is 0 Å². The van der Waals surface area contributed by atoms with Crippen LogP contribution in [0.2, 0.25) is 0 Å². The van der Waals surface area contributed by atoms with Crippen molar-refractivity contribution in [2.45, 2.75) is 32.5 Å². The monoisotopic (exact) mass is 323 g/mol. The summed E-state index contributed by atoms with van der Waals surface area (Å²) in [6, 6.07) is 9.68. The average molecular weight is 323 g/mol. The first-order valence-electron chi connectivity index (χ1n) is 7.44. The normalized spacial score (nSPS) is 21.9. The molecule has 1 aromatic carbocycles. The van der Waals surface area contributed by atoms with E-state index in [0.29, 0.717) is 6.42 Å². The van der Waals surface area contributed by atoms with Gasteiger partial charge in [0.05, 0.1) is 25.3 Å². The second kappa shape index (κ2) is 7.23. The van der Waals surface area contributed by atoms with Crippen molar-refractivity contribution in [1.82, 2.24) is 0 Å². The maximum Gasteiger partial charge on any atom is 0.381 e. The molecule has 1 aliphatic heterocycles. The fourth-order valence-corrected chi connectivity index (χ4v) is 4.41. The van der Waals surface area contributed by atoms with Crippen molar-refractivity contribution in [3.63, 3.8) is 0 Å². The van der Waals surface area contributed by atoms with E-state index >= 15 is 0 Å². The summed E-state index contributed by atoms with van der Waals surface area (Å²) in [5.41, 5.74) is 1.67. The van der Waals surface area contributed by atoms with Crippen molar-refractivity contribution in [2.75, 3.05) is 13.2 Å². The summed E-state index contributed by atoms with van der Waals surface area (Å²) in [7, 11) is -3.50. The SMILES string of the molecule is C/C=C\C1(P(=O)(OCC)OCC)CC(c2ccccc2)=NO1. The molecule has 0 fully saturated rings. The Labute approximate surface area is 131 Å². The molecular formula is C16H22NO4P. The van der Waals surface area contributed by atoms with Crippen LogP contribution in [0, 0.1) is 0 Å². The van der Waals surface area contributed by atoms with Crippen molar-refractivity contribution in [3.8, 4) is 0 Å². The molecule has 0 amide bonds. The van der Waals surface area contributed by atoms with E-state index in [1.165, 1.54) is 0 Å². The number of hydrogen-bond acceptors (Lipinski definition) is 5. The number of hydrogen-bond donors (Lipinski definition) is 0. The topological polar surface area (TPSA) is 57.1 Å². The Balaban J connectivity index is 2.35. The van der Waals surface area contributed by atoms with Crippen molar-refractivity contribution in [3.05, 3.63) is 48.0 Å². The molecule has 22 heavy (non-hydrogen) atoms. The second-order valence-corrected chi connectivity index (χ2v) is 7.12. The van der Waals surface area contributed by atoms with Crippen LogP contribution in [-0.4, -0.2) is 24.3 Å². The van der Waals surface area contributed by atoms with Gasteiger partial charge >= 0.3 is 7.60 Å². The number of rotatable bonds is 7. The largest absolute Gasteiger partial charge is 0.381 e. The summed E-state index contributed by atoms with van der Waals surface area (Å²) >= 11 is 0. The van der Waals surface area contributed by atoms with Gasteiger partial charge in [0.25, 0.3) is 5.34 Å². The summed E-state index contributed by atoms with van der Waals surface area (Å²) in [6.45, 7) is 5.96. The lowest BCUT2D eigenvalue weighted by Gasteiger charge is -2.30. The van der Waals surface area contributed by atoms with Crippen LogP contribution in [0.15, 0.2) is 47.6 Å². The molecule has 0 N–H and O–H groups in total. The molecule has 0 bridgehead atoms. The van der Waals surface area contributed by atoms with Gasteiger partial charge in [0, 0.05) is 0 Å². The number of oxime groups is 1. The Hall–Kier alpha value is -1.42. The van der Waals surface area contributed by atoms with E-state index < -0.39 is 12.9 Å². The highest BCUT2D eigenvalue weighted by Crippen LogP contribution is 2.64. The molecule has 0 aliphatic carbocycles. The van der Waals surface area contributed by atoms with Crippen molar-refractivity contribution in [1.29, 1.82) is 0 Å². The van der Waals surface area contributed by atoms with Crippen LogP contribution in [0.25, 0.3) is 0 Å². The van der Waals surface area contributed by atoms with Crippen molar-refractivity contribution < 1.29 is 18.5 Å². The Bertz CT molecular complexity index is 589. The van der Waals surface area contributed by atoms with Crippen LogP contribution in [0.5, 0.6) is 0 Å². The summed E-state index contributed by atoms with van der Waals surface area (Å²) in [6.07, 6.45) is 3.85. The highest BCUT2D eigenvalue weighted by atomic mass is 31.2. The molecule has 1 unspecified atom stereocenters. The van der Waals surface area contributed by atoms with E-state index in [0.717, 1.165) is 11.3 Å². The maximum atomic E-state index is 13.2. The van der Waals surface area contributed by atoms with Crippen LogP contribution >= 0.6 is 7.60 Å². The Morgan fingerprint density at radius 2 is 1.91 bits per heavy atom. The summed E-state index contributed by atoms with van der Waals surface area (Å²) in [5.74, 6) is 0. The first-order chi connectivity index (χ1) is 10.6. The molecule has 1 atom stereocenters. The van der Waals surface area contributed by atoms with E-state index in [1.54, 1.807) is 26.0 Å². The summed E-state index contributed by atoms with van der Waals surface area (Å²) in [5, 5.41) is 2.95. The zero-order chi connectivity index (χ0) is 16.1. The van der Waals surface area contributed by atoms with Gasteiger partial charge in [-0.3, -0.25) is 4.57 Å². The van der Waals surface area contributed by atoms with Crippen LogP contribution in [-0.2, 0) is 18.5 Å². The Kier molecular flexibility index (Phi) is 5.57. The van der Waals surface area contributed by atoms with E-state index in [9.17, 15) is 4.57 Å². The lowest BCUT2D eigenvalue weighted by molar-refractivity contribution is 0.0467. The minimum absolute atomic E-state index is 0.278. The van der Waals surface area contributed by atoms with Crippen LogP contribution in [0.4, 0.5) is 0 Å². The Morgan fingerprint density at radius 1 is 1.27 bits per heavy atom. The standard InChI is InChI=1S/C16H22NO4P/c1-4-12-16(22(18,19-5-2)20-6-3)13-15(17-21-16)14-10-8-7-9-11-14/h4,7-12H,5-6,13H2,1-3H3/b12-4-. The van der Waals surface area contributed by atoms with Crippen LogP contribution < -0.4 is 0 Å². The van der Waals surface area contributed by atoms with E-state index in [4.69, 9.17) is 13.9 Å². The lowest BCUT2D eigenvalue weighted by Crippen LogP contribution is -2.29. The first-order valence-corrected chi connectivity index (χ1v) is 8.98.